The van der Waals surface area contributed by atoms with Crippen molar-refractivity contribution in [3.63, 3.8) is 0 Å². The Morgan fingerprint density at radius 1 is 1.23 bits per heavy atom. The highest BCUT2D eigenvalue weighted by Crippen LogP contribution is 2.25. The molecule has 1 saturated heterocycles. The van der Waals surface area contributed by atoms with Crippen LogP contribution in [-0.4, -0.2) is 62.7 Å². The number of rotatable bonds is 8. The van der Waals surface area contributed by atoms with E-state index in [9.17, 15) is 14.9 Å². The molecule has 9 heteroatoms. The molecule has 0 spiro atoms. The van der Waals surface area contributed by atoms with Gasteiger partial charge >= 0.3 is 0 Å². The topological polar surface area (TPSA) is 106 Å². The summed E-state index contributed by atoms with van der Waals surface area (Å²) in [5, 5.41) is 17.0. The molecular formula is C21H26N4O5. The monoisotopic (exact) mass is 414 g/mol. The van der Waals surface area contributed by atoms with E-state index in [1.54, 1.807) is 14.2 Å². The number of ether oxygens (including phenoxy) is 2. The zero-order chi connectivity index (χ0) is 21.5. The summed E-state index contributed by atoms with van der Waals surface area (Å²) < 4.78 is 10.7. The Balaban J connectivity index is 1.80. The van der Waals surface area contributed by atoms with Crippen LogP contribution in [0.25, 0.3) is 0 Å². The first-order valence-electron chi connectivity index (χ1n) is 9.73. The lowest BCUT2D eigenvalue weighted by molar-refractivity contribution is -0.384. The second-order valence-electron chi connectivity index (χ2n) is 6.88. The molecule has 30 heavy (non-hydrogen) atoms. The van der Waals surface area contributed by atoms with E-state index in [0.29, 0.717) is 25.4 Å². The van der Waals surface area contributed by atoms with E-state index >= 15 is 0 Å². The summed E-state index contributed by atoms with van der Waals surface area (Å²) in [5.74, 6) is 0.397. The van der Waals surface area contributed by atoms with Gasteiger partial charge in [0, 0.05) is 44.5 Å². The number of non-ortho nitro benzene ring substituents is 1. The van der Waals surface area contributed by atoms with Crippen molar-refractivity contribution in [2.75, 3.05) is 52.3 Å². The Morgan fingerprint density at radius 3 is 2.53 bits per heavy atom. The molecule has 160 valence electrons. The van der Waals surface area contributed by atoms with E-state index in [-0.39, 0.29) is 23.2 Å². The fourth-order valence-corrected chi connectivity index (χ4v) is 3.51. The van der Waals surface area contributed by atoms with Gasteiger partial charge in [-0.1, -0.05) is 12.1 Å². The van der Waals surface area contributed by atoms with Crippen LogP contribution in [0, 0.1) is 10.1 Å². The number of nitrogens with zero attached hydrogens (tertiary/aromatic N) is 2. The second kappa shape index (κ2) is 10.0. The number of hydrogen-bond acceptors (Lipinski definition) is 7. The van der Waals surface area contributed by atoms with Crippen molar-refractivity contribution in [1.82, 2.24) is 10.2 Å². The third-order valence-electron chi connectivity index (χ3n) is 5.17. The van der Waals surface area contributed by atoms with Gasteiger partial charge in [-0.15, -0.1) is 0 Å². The minimum Gasteiger partial charge on any atom is -0.497 e. The molecule has 0 bridgehead atoms. The molecule has 1 amide bonds. The first-order chi connectivity index (χ1) is 14.5. The maximum Gasteiger partial charge on any atom is 0.270 e. The third kappa shape index (κ3) is 5.05. The maximum absolute atomic E-state index is 12.9. The molecule has 2 N–H and O–H groups in total. The van der Waals surface area contributed by atoms with Crippen LogP contribution in [0.3, 0.4) is 0 Å². The van der Waals surface area contributed by atoms with Crippen LogP contribution in [-0.2, 0) is 4.74 Å². The van der Waals surface area contributed by atoms with Crippen LogP contribution < -0.4 is 15.4 Å². The fourth-order valence-electron chi connectivity index (χ4n) is 3.51. The maximum atomic E-state index is 12.9. The number of hydrogen-bond donors (Lipinski definition) is 2. The van der Waals surface area contributed by atoms with Gasteiger partial charge in [0.15, 0.2) is 0 Å². The summed E-state index contributed by atoms with van der Waals surface area (Å²) >= 11 is 0. The molecule has 9 nitrogen and oxygen atoms in total. The molecule has 0 aliphatic carbocycles. The number of morpholine rings is 1. The average Bonchev–Trinajstić information content (AvgIpc) is 2.79. The Bertz CT molecular complexity index is 881. The highest BCUT2D eigenvalue weighted by Gasteiger charge is 2.24. The summed E-state index contributed by atoms with van der Waals surface area (Å²) in [6.07, 6.45) is 0. The number of amides is 1. The van der Waals surface area contributed by atoms with Crippen molar-refractivity contribution in [2.45, 2.75) is 6.04 Å². The number of benzene rings is 2. The SMILES string of the molecule is CNc1ccc([N+](=O)[O-])cc1C(=O)NCC(c1ccc(OC)cc1)N1CCOCC1. The lowest BCUT2D eigenvalue weighted by Crippen LogP contribution is -2.43. The number of anilines is 1. The van der Waals surface area contributed by atoms with Gasteiger partial charge < -0.3 is 20.1 Å². The van der Waals surface area contributed by atoms with Gasteiger partial charge in [-0.3, -0.25) is 19.8 Å². The van der Waals surface area contributed by atoms with E-state index in [2.05, 4.69) is 15.5 Å². The molecule has 1 fully saturated rings. The molecule has 1 aliphatic rings. The van der Waals surface area contributed by atoms with Crippen LogP contribution in [0.2, 0.25) is 0 Å². The summed E-state index contributed by atoms with van der Waals surface area (Å²) in [5.41, 5.74) is 1.69. The van der Waals surface area contributed by atoms with Crippen molar-refractivity contribution in [2.24, 2.45) is 0 Å². The number of nitro benzene ring substituents is 1. The van der Waals surface area contributed by atoms with Crippen LogP contribution in [0.5, 0.6) is 5.75 Å². The minimum absolute atomic E-state index is 0.0551. The van der Waals surface area contributed by atoms with E-state index in [0.717, 1.165) is 24.4 Å². The van der Waals surface area contributed by atoms with E-state index in [1.165, 1.54) is 18.2 Å². The average molecular weight is 414 g/mol. The van der Waals surface area contributed by atoms with Gasteiger partial charge in [0.2, 0.25) is 0 Å². The Kier molecular flexibility index (Phi) is 7.21. The summed E-state index contributed by atoms with van der Waals surface area (Å²) in [6.45, 7) is 3.14. The smallest absolute Gasteiger partial charge is 0.270 e. The number of nitrogens with one attached hydrogen (secondary N) is 2. The molecule has 3 rings (SSSR count). The van der Waals surface area contributed by atoms with Crippen LogP contribution >= 0.6 is 0 Å². The summed E-state index contributed by atoms with van der Waals surface area (Å²) in [7, 11) is 3.29. The summed E-state index contributed by atoms with van der Waals surface area (Å²) in [6, 6.07) is 11.9. The largest absolute Gasteiger partial charge is 0.497 e. The Hall–Kier alpha value is -3.17. The molecule has 0 aromatic heterocycles. The quantitative estimate of drug-likeness (QED) is 0.505. The normalized spacial score (nSPS) is 15.3. The zero-order valence-corrected chi connectivity index (χ0v) is 17.1. The van der Waals surface area contributed by atoms with Crippen molar-refractivity contribution < 1.29 is 19.2 Å². The standard InChI is InChI=1S/C21H26N4O5/c1-22-19-8-5-16(25(27)28)13-18(19)21(26)23-14-20(24-9-11-30-12-10-24)15-3-6-17(29-2)7-4-15/h3-8,13,20,22H,9-12,14H2,1-2H3,(H,23,26). The van der Waals surface area contributed by atoms with E-state index in [1.807, 2.05) is 24.3 Å². The van der Waals surface area contributed by atoms with Crippen LogP contribution in [0.1, 0.15) is 22.0 Å². The van der Waals surface area contributed by atoms with Gasteiger partial charge in [0.1, 0.15) is 5.75 Å². The predicted octanol–water partition coefficient (Wildman–Crippen LogP) is 2.45. The van der Waals surface area contributed by atoms with Gasteiger partial charge in [0.25, 0.3) is 11.6 Å². The summed E-state index contributed by atoms with van der Waals surface area (Å²) in [4.78, 5) is 25.7. The molecular weight excluding hydrogens is 388 g/mol. The van der Waals surface area contributed by atoms with E-state index < -0.39 is 4.92 Å². The van der Waals surface area contributed by atoms with Crippen molar-refractivity contribution in [1.29, 1.82) is 0 Å². The molecule has 0 radical (unpaired) electrons. The molecule has 1 atom stereocenters. The number of nitro groups is 1. The molecule has 2 aromatic rings. The molecule has 0 saturated carbocycles. The third-order valence-corrected chi connectivity index (χ3v) is 5.17. The van der Waals surface area contributed by atoms with E-state index in [4.69, 9.17) is 9.47 Å². The first kappa shape index (κ1) is 21.5. The van der Waals surface area contributed by atoms with Crippen molar-refractivity contribution in [3.8, 4) is 5.75 Å². The first-order valence-corrected chi connectivity index (χ1v) is 9.73. The van der Waals surface area contributed by atoms with Gasteiger partial charge in [-0.25, -0.2) is 0 Å². The molecule has 2 aromatic carbocycles. The van der Waals surface area contributed by atoms with Crippen molar-refractivity contribution in [3.05, 3.63) is 63.7 Å². The fraction of sp³-hybridized carbons (Fsp3) is 0.381. The van der Waals surface area contributed by atoms with Gasteiger partial charge in [-0.2, -0.15) is 0 Å². The van der Waals surface area contributed by atoms with Crippen LogP contribution in [0.4, 0.5) is 11.4 Å². The lowest BCUT2D eigenvalue weighted by atomic mass is 10.0. The highest BCUT2D eigenvalue weighted by molar-refractivity contribution is 6.00. The highest BCUT2D eigenvalue weighted by atomic mass is 16.6. The minimum atomic E-state index is -0.510. The van der Waals surface area contributed by atoms with Gasteiger partial charge in [-0.05, 0) is 23.8 Å². The van der Waals surface area contributed by atoms with Crippen molar-refractivity contribution >= 4 is 17.3 Å². The second-order valence-corrected chi connectivity index (χ2v) is 6.88. The zero-order valence-electron chi connectivity index (χ0n) is 17.1. The van der Waals surface area contributed by atoms with Gasteiger partial charge in [0.05, 0.1) is 36.9 Å². The predicted molar refractivity (Wildman–Crippen MR) is 113 cm³/mol. The molecule has 1 unspecified atom stereocenters. The molecule has 1 aliphatic heterocycles. The Labute approximate surface area is 175 Å². The number of methoxy groups -OCH3 is 1. The molecule has 1 heterocycles. The number of carbonyl (C=O) groups is 1. The Morgan fingerprint density at radius 2 is 1.93 bits per heavy atom. The lowest BCUT2D eigenvalue weighted by Gasteiger charge is -2.35. The number of carbonyl (C=O) groups excluding carboxylic acids is 1. The van der Waals surface area contributed by atoms with Crippen LogP contribution in [0.15, 0.2) is 42.5 Å².